The van der Waals surface area contributed by atoms with Crippen molar-refractivity contribution in [2.75, 3.05) is 5.73 Å². The van der Waals surface area contributed by atoms with Crippen molar-refractivity contribution in [3.63, 3.8) is 0 Å². The molecule has 2 aromatic carbocycles. The van der Waals surface area contributed by atoms with Crippen LogP contribution in [0.2, 0.25) is 0 Å². The molecule has 0 aliphatic carbocycles. The minimum Gasteiger partial charge on any atom is -0.455 e. The maximum atomic E-state index is 6.64. The van der Waals surface area contributed by atoms with Crippen molar-refractivity contribution in [2.24, 2.45) is 16.5 Å². The molecule has 4 rings (SSSR count). The number of allylic oxidation sites excluding steroid dienone is 1. The molecule has 1 aromatic heterocycles. The molecule has 0 bridgehead atoms. The fraction of sp³-hybridized carbons (Fsp3) is 0.120. The first-order chi connectivity index (χ1) is 15.3. The molecular weight excluding hydrogens is 400 g/mol. The number of nitrogen functional groups attached to an aromatic ring is 1. The van der Waals surface area contributed by atoms with E-state index in [9.17, 15) is 0 Å². The molecule has 7 N–H and O–H groups in total. The first kappa shape index (κ1) is 21.0. The highest BCUT2D eigenvalue weighted by Gasteiger charge is 2.34. The van der Waals surface area contributed by atoms with E-state index in [1.165, 1.54) is 6.34 Å². The number of hydrogen-bond acceptors (Lipinski definition) is 7. The highest BCUT2D eigenvalue weighted by atomic mass is 16.5. The molecular formula is C25H24N6O. The lowest BCUT2D eigenvalue weighted by Gasteiger charge is -2.30. The molecule has 7 heteroatoms. The summed E-state index contributed by atoms with van der Waals surface area (Å²) in [5, 5.41) is 2.99. The lowest BCUT2D eigenvalue weighted by Crippen LogP contribution is -2.45. The SMILES string of the molecule is Cc1ccc(Oc2ccc(C3(N)N=CNC(C#Cc4cccc(N)c4)=C3N)cc2C)cn1. The summed E-state index contributed by atoms with van der Waals surface area (Å²) in [5.74, 6) is 7.45. The molecule has 1 unspecified atom stereocenters. The normalized spacial score (nSPS) is 17.3. The molecule has 3 aromatic rings. The van der Waals surface area contributed by atoms with E-state index in [0.717, 1.165) is 22.4 Å². The number of benzene rings is 2. The Kier molecular flexibility index (Phi) is 5.54. The van der Waals surface area contributed by atoms with Crippen LogP contribution in [0, 0.1) is 25.7 Å². The average Bonchev–Trinajstić information content (AvgIpc) is 2.78. The summed E-state index contributed by atoms with van der Waals surface area (Å²) < 4.78 is 5.95. The zero-order valence-corrected chi connectivity index (χ0v) is 17.9. The van der Waals surface area contributed by atoms with E-state index in [1.807, 2.05) is 56.3 Å². The summed E-state index contributed by atoms with van der Waals surface area (Å²) >= 11 is 0. The Bertz CT molecular complexity index is 1280. The largest absolute Gasteiger partial charge is 0.455 e. The van der Waals surface area contributed by atoms with Crippen molar-refractivity contribution in [1.82, 2.24) is 10.3 Å². The second-order valence-corrected chi connectivity index (χ2v) is 7.55. The van der Waals surface area contributed by atoms with Gasteiger partial charge in [-0.15, -0.1) is 0 Å². The Morgan fingerprint density at radius 1 is 1.00 bits per heavy atom. The zero-order chi connectivity index (χ0) is 22.7. The summed E-state index contributed by atoms with van der Waals surface area (Å²) in [4.78, 5) is 8.67. The van der Waals surface area contributed by atoms with E-state index >= 15 is 0 Å². The third-order valence-electron chi connectivity index (χ3n) is 5.10. The molecule has 32 heavy (non-hydrogen) atoms. The zero-order valence-electron chi connectivity index (χ0n) is 17.9. The number of anilines is 1. The van der Waals surface area contributed by atoms with Crippen molar-refractivity contribution < 1.29 is 4.74 Å². The first-order valence-electron chi connectivity index (χ1n) is 10.0. The van der Waals surface area contributed by atoms with Crippen LogP contribution >= 0.6 is 0 Å². The number of ether oxygens (including phenoxy) is 1. The number of nitrogens with one attached hydrogen (secondary N) is 1. The van der Waals surface area contributed by atoms with Gasteiger partial charge in [-0.3, -0.25) is 10.7 Å². The molecule has 0 fully saturated rings. The third-order valence-corrected chi connectivity index (χ3v) is 5.10. The number of aryl methyl sites for hydroxylation is 2. The first-order valence-corrected chi connectivity index (χ1v) is 10.0. The molecule has 160 valence electrons. The van der Waals surface area contributed by atoms with Gasteiger partial charge in [-0.2, -0.15) is 0 Å². The van der Waals surface area contributed by atoms with Gasteiger partial charge < -0.3 is 21.5 Å². The van der Waals surface area contributed by atoms with Gasteiger partial charge in [0.15, 0.2) is 5.66 Å². The maximum Gasteiger partial charge on any atom is 0.178 e. The monoisotopic (exact) mass is 424 g/mol. The van der Waals surface area contributed by atoms with Gasteiger partial charge in [0.25, 0.3) is 0 Å². The Balaban J connectivity index is 1.63. The lowest BCUT2D eigenvalue weighted by molar-refractivity contribution is 0.474. The van der Waals surface area contributed by atoms with Crippen LogP contribution in [0.4, 0.5) is 5.69 Å². The van der Waals surface area contributed by atoms with Crippen LogP contribution in [0.5, 0.6) is 11.5 Å². The number of pyridine rings is 1. The maximum absolute atomic E-state index is 6.64. The molecule has 0 saturated carbocycles. The molecule has 1 aliphatic heterocycles. The van der Waals surface area contributed by atoms with Crippen LogP contribution in [0.3, 0.4) is 0 Å². The van der Waals surface area contributed by atoms with Crippen LogP contribution in [-0.4, -0.2) is 11.3 Å². The van der Waals surface area contributed by atoms with E-state index in [1.54, 1.807) is 18.3 Å². The smallest absolute Gasteiger partial charge is 0.178 e. The van der Waals surface area contributed by atoms with E-state index in [0.29, 0.717) is 28.6 Å². The highest BCUT2D eigenvalue weighted by Crippen LogP contribution is 2.33. The summed E-state index contributed by atoms with van der Waals surface area (Å²) in [6.07, 6.45) is 3.20. The van der Waals surface area contributed by atoms with Crippen molar-refractivity contribution in [3.8, 4) is 23.3 Å². The second kappa shape index (κ2) is 8.46. The number of aliphatic imine (C=N–C) groups is 1. The fourth-order valence-electron chi connectivity index (χ4n) is 3.26. The predicted octanol–water partition coefficient (Wildman–Crippen LogP) is 3.04. The van der Waals surface area contributed by atoms with E-state index < -0.39 is 5.66 Å². The summed E-state index contributed by atoms with van der Waals surface area (Å²) in [6, 6.07) is 16.7. The van der Waals surface area contributed by atoms with Gasteiger partial charge >= 0.3 is 0 Å². The van der Waals surface area contributed by atoms with Crippen LogP contribution in [0.25, 0.3) is 0 Å². The number of hydrogen-bond donors (Lipinski definition) is 4. The van der Waals surface area contributed by atoms with Crippen LogP contribution in [-0.2, 0) is 5.66 Å². The van der Waals surface area contributed by atoms with Crippen molar-refractivity contribution in [2.45, 2.75) is 19.5 Å². The van der Waals surface area contributed by atoms with Gasteiger partial charge in [0.1, 0.15) is 17.2 Å². The summed E-state index contributed by atoms with van der Waals surface area (Å²) in [6.45, 7) is 3.87. The van der Waals surface area contributed by atoms with Gasteiger partial charge in [0.2, 0.25) is 0 Å². The minimum absolute atomic E-state index is 0.326. The molecule has 0 saturated heterocycles. The molecule has 2 heterocycles. The Morgan fingerprint density at radius 2 is 1.84 bits per heavy atom. The van der Waals surface area contributed by atoms with E-state index in [-0.39, 0.29) is 0 Å². The average molecular weight is 425 g/mol. The Hall–Kier alpha value is -4.28. The van der Waals surface area contributed by atoms with Gasteiger partial charge in [0.05, 0.1) is 18.2 Å². The third kappa shape index (κ3) is 4.26. The number of aromatic nitrogens is 1. The molecule has 0 radical (unpaired) electrons. The van der Waals surface area contributed by atoms with E-state index in [2.05, 4.69) is 27.1 Å². The minimum atomic E-state index is -1.25. The molecule has 1 aliphatic rings. The lowest BCUT2D eigenvalue weighted by atomic mass is 9.93. The van der Waals surface area contributed by atoms with Gasteiger partial charge in [-0.25, -0.2) is 4.99 Å². The van der Waals surface area contributed by atoms with Crippen LogP contribution < -0.4 is 27.3 Å². The number of rotatable bonds is 3. The fourth-order valence-corrected chi connectivity index (χ4v) is 3.26. The highest BCUT2D eigenvalue weighted by molar-refractivity contribution is 5.66. The van der Waals surface area contributed by atoms with Crippen LogP contribution in [0.15, 0.2) is 77.2 Å². The molecule has 1 atom stereocenters. The second-order valence-electron chi connectivity index (χ2n) is 7.55. The van der Waals surface area contributed by atoms with E-state index in [4.69, 9.17) is 21.9 Å². The quantitative estimate of drug-likeness (QED) is 0.378. The van der Waals surface area contributed by atoms with Crippen molar-refractivity contribution >= 4 is 12.0 Å². The summed E-state index contributed by atoms with van der Waals surface area (Å²) in [7, 11) is 0. The Labute approximate surface area is 187 Å². The van der Waals surface area contributed by atoms with Gasteiger partial charge in [-0.1, -0.05) is 18.1 Å². The topological polar surface area (TPSA) is 125 Å². The van der Waals surface area contributed by atoms with Crippen molar-refractivity contribution in [3.05, 3.63) is 94.6 Å². The predicted molar refractivity (Wildman–Crippen MR) is 127 cm³/mol. The number of nitrogens with zero attached hydrogens (tertiary/aromatic N) is 2. The molecule has 0 spiro atoms. The Morgan fingerprint density at radius 3 is 2.56 bits per heavy atom. The molecule has 0 amide bonds. The number of nitrogens with two attached hydrogens (primary N) is 3. The van der Waals surface area contributed by atoms with Crippen LogP contribution in [0.1, 0.15) is 22.4 Å². The van der Waals surface area contributed by atoms with Crippen molar-refractivity contribution in [1.29, 1.82) is 0 Å². The standard InChI is InChI=1S/C25H24N6O/c1-16-12-19(8-11-23(16)32-21-9-6-17(2)29-14-21)25(28)24(27)22(30-15-31-25)10-7-18-4-3-5-20(26)13-18/h3-6,8-9,11-15H,26-28H2,1-2H3,(H,30,31). The molecule has 7 nitrogen and oxygen atoms in total. The van der Waals surface area contributed by atoms with Gasteiger partial charge in [-0.05, 0) is 67.8 Å². The van der Waals surface area contributed by atoms with Gasteiger partial charge in [0, 0.05) is 22.5 Å². The summed E-state index contributed by atoms with van der Waals surface area (Å²) in [5.41, 5.74) is 22.4.